The molecule has 12 heteroatoms. The van der Waals surface area contributed by atoms with Crippen molar-refractivity contribution >= 4 is 41.0 Å². The van der Waals surface area contributed by atoms with Crippen molar-refractivity contribution in [1.29, 1.82) is 0 Å². The van der Waals surface area contributed by atoms with Gasteiger partial charge in [-0.3, -0.25) is 28.8 Å². The van der Waals surface area contributed by atoms with E-state index in [1.54, 1.807) is 12.1 Å². The average Bonchev–Trinajstić information content (AvgIpc) is 3.61. The van der Waals surface area contributed by atoms with E-state index in [2.05, 4.69) is 16.0 Å². The standard InChI is InChI=1S/C44H51FN4O7/c1-28-11-13-31(14-12-28)27-46-42(53)34(24-30-15-19-35(45)20-16-30)26-40(51)38(25-33-18-17-32-8-4-5-9-36(32)33)48-43(54)39-10-6-7-23-49(39)44(55)37(47-29(2)50)21-22-41(52)56-3/h4-5,8-9,11-16,18-20,34,37-39H,6-7,10,17,21-27H2,1-3H3,(H,46,53)(H,47,50)(H,48,54)/t34-,37+,38+,39+/m1/s1. The van der Waals surface area contributed by atoms with Crippen molar-refractivity contribution in [3.8, 4) is 0 Å². The first kappa shape index (κ1) is 41.5. The summed E-state index contributed by atoms with van der Waals surface area (Å²) in [6.45, 7) is 3.75. The Morgan fingerprint density at radius 1 is 0.875 bits per heavy atom. The summed E-state index contributed by atoms with van der Waals surface area (Å²) < 4.78 is 18.6. The smallest absolute Gasteiger partial charge is 0.305 e. The lowest BCUT2D eigenvalue weighted by Crippen LogP contribution is -2.59. The number of nitrogens with zero attached hydrogens (tertiary/aromatic N) is 1. The number of carbonyl (C=O) groups is 6. The van der Waals surface area contributed by atoms with Crippen molar-refractivity contribution in [3.63, 3.8) is 0 Å². The first-order valence-corrected chi connectivity index (χ1v) is 19.2. The fourth-order valence-electron chi connectivity index (χ4n) is 7.40. The van der Waals surface area contributed by atoms with Crippen LogP contribution in [0, 0.1) is 18.7 Å². The molecule has 1 heterocycles. The van der Waals surface area contributed by atoms with Gasteiger partial charge in [0.2, 0.25) is 23.6 Å². The largest absolute Gasteiger partial charge is 0.469 e. The summed E-state index contributed by atoms with van der Waals surface area (Å²) in [5.41, 5.74) is 5.63. The van der Waals surface area contributed by atoms with E-state index in [9.17, 15) is 33.2 Å². The van der Waals surface area contributed by atoms with Crippen molar-refractivity contribution in [2.24, 2.45) is 5.92 Å². The average molecular weight is 767 g/mol. The molecule has 3 N–H and O–H groups in total. The minimum absolute atomic E-state index is 0.00791. The minimum Gasteiger partial charge on any atom is -0.469 e. The van der Waals surface area contributed by atoms with Crippen LogP contribution in [0.5, 0.6) is 0 Å². The summed E-state index contributed by atoms with van der Waals surface area (Å²) in [7, 11) is 1.24. The number of piperidine rings is 1. The maximum absolute atomic E-state index is 14.5. The Morgan fingerprint density at radius 2 is 1.59 bits per heavy atom. The van der Waals surface area contributed by atoms with E-state index in [1.165, 1.54) is 31.1 Å². The predicted octanol–water partition coefficient (Wildman–Crippen LogP) is 4.92. The van der Waals surface area contributed by atoms with Gasteiger partial charge in [0.15, 0.2) is 5.78 Å². The van der Waals surface area contributed by atoms with Gasteiger partial charge in [-0.25, -0.2) is 4.39 Å². The highest BCUT2D eigenvalue weighted by Crippen LogP contribution is 2.31. The second-order valence-electron chi connectivity index (χ2n) is 14.7. The molecule has 1 fully saturated rings. The van der Waals surface area contributed by atoms with Gasteiger partial charge in [-0.15, -0.1) is 0 Å². The Hall–Kier alpha value is -5.65. The number of benzene rings is 3. The zero-order chi connectivity index (χ0) is 40.2. The van der Waals surface area contributed by atoms with E-state index in [0.29, 0.717) is 31.2 Å². The molecular formula is C44H51FN4O7. The second-order valence-corrected chi connectivity index (χ2v) is 14.7. The number of carbonyl (C=O) groups excluding carboxylic acids is 6. The van der Waals surface area contributed by atoms with Crippen LogP contribution in [0.3, 0.4) is 0 Å². The third kappa shape index (κ3) is 11.4. The van der Waals surface area contributed by atoms with Gasteiger partial charge in [-0.1, -0.05) is 72.3 Å². The van der Waals surface area contributed by atoms with Crippen LogP contribution < -0.4 is 16.0 Å². The van der Waals surface area contributed by atoms with E-state index in [4.69, 9.17) is 4.74 Å². The van der Waals surface area contributed by atoms with Crippen molar-refractivity contribution in [1.82, 2.24) is 20.9 Å². The summed E-state index contributed by atoms with van der Waals surface area (Å²) in [6.07, 6.45) is 4.36. The molecule has 0 saturated carbocycles. The van der Waals surface area contributed by atoms with Gasteiger partial charge in [0.25, 0.3) is 0 Å². The van der Waals surface area contributed by atoms with Crippen LogP contribution in [-0.2, 0) is 52.9 Å². The summed E-state index contributed by atoms with van der Waals surface area (Å²) in [5, 5.41) is 8.57. The molecule has 0 aromatic heterocycles. The number of methoxy groups -OCH3 is 1. The van der Waals surface area contributed by atoms with Gasteiger partial charge in [-0.2, -0.15) is 0 Å². The van der Waals surface area contributed by atoms with Gasteiger partial charge in [0.1, 0.15) is 17.9 Å². The number of rotatable bonds is 17. The molecule has 11 nitrogen and oxygen atoms in total. The number of allylic oxidation sites excluding steroid dienone is 1. The van der Waals surface area contributed by atoms with Crippen LogP contribution in [0.4, 0.5) is 4.39 Å². The van der Waals surface area contributed by atoms with Crippen LogP contribution in [-0.4, -0.2) is 72.1 Å². The summed E-state index contributed by atoms with van der Waals surface area (Å²) in [4.78, 5) is 81.9. The number of hydrogen-bond donors (Lipinski definition) is 3. The number of halogens is 1. The molecule has 1 saturated heterocycles. The van der Waals surface area contributed by atoms with Gasteiger partial charge >= 0.3 is 5.97 Å². The van der Waals surface area contributed by atoms with E-state index >= 15 is 0 Å². The Bertz CT molecular complexity index is 1930. The topological polar surface area (TPSA) is 151 Å². The highest BCUT2D eigenvalue weighted by molar-refractivity contribution is 5.97. The van der Waals surface area contributed by atoms with E-state index < -0.39 is 53.6 Å². The quantitative estimate of drug-likeness (QED) is 0.165. The van der Waals surface area contributed by atoms with Crippen LogP contribution in [0.25, 0.3) is 5.57 Å². The Labute approximate surface area is 327 Å². The fourth-order valence-corrected chi connectivity index (χ4v) is 7.40. The molecule has 5 rings (SSSR count). The lowest BCUT2D eigenvalue weighted by Gasteiger charge is -2.37. The van der Waals surface area contributed by atoms with Crippen LogP contribution in [0.15, 0.2) is 78.9 Å². The first-order chi connectivity index (χ1) is 26.9. The molecule has 0 unspecified atom stereocenters. The maximum Gasteiger partial charge on any atom is 0.305 e. The highest BCUT2D eigenvalue weighted by Gasteiger charge is 2.38. The highest BCUT2D eigenvalue weighted by atomic mass is 19.1. The molecular weight excluding hydrogens is 716 g/mol. The Morgan fingerprint density at radius 3 is 2.30 bits per heavy atom. The Balaban J connectivity index is 1.39. The molecule has 0 bridgehead atoms. The number of hydrogen-bond acceptors (Lipinski definition) is 7. The fraction of sp³-hybridized carbons (Fsp3) is 0.409. The van der Waals surface area contributed by atoms with Crippen molar-refractivity contribution in [3.05, 3.63) is 113 Å². The molecule has 0 spiro atoms. The van der Waals surface area contributed by atoms with Gasteiger partial charge in [-0.05, 0) is 85.4 Å². The van der Waals surface area contributed by atoms with E-state index in [0.717, 1.165) is 27.8 Å². The zero-order valence-corrected chi connectivity index (χ0v) is 32.3. The monoisotopic (exact) mass is 766 g/mol. The lowest BCUT2D eigenvalue weighted by atomic mass is 9.88. The molecule has 2 aliphatic rings. The normalized spacial score (nSPS) is 16.4. The lowest BCUT2D eigenvalue weighted by molar-refractivity contribution is -0.146. The molecule has 0 radical (unpaired) electrons. The predicted molar refractivity (Wildman–Crippen MR) is 209 cm³/mol. The molecule has 4 atom stereocenters. The third-order valence-corrected chi connectivity index (χ3v) is 10.5. The molecule has 296 valence electrons. The van der Waals surface area contributed by atoms with Gasteiger partial charge in [0, 0.05) is 45.2 Å². The number of Topliss-reactive ketones (excluding diaryl/α,β-unsaturated/α-hetero) is 1. The first-order valence-electron chi connectivity index (χ1n) is 19.2. The number of nitrogens with one attached hydrogen (secondary N) is 3. The molecule has 4 amide bonds. The van der Waals surface area contributed by atoms with Crippen LogP contribution in [0.1, 0.15) is 79.7 Å². The van der Waals surface area contributed by atoms with E-state index in [1.807, 2.05) is 61.5 Å². The molecule has 3 aromatic carbocycles. The maximum atomic E-state index is 14.5. The number of likely N-dealkylation sites (tertiary alicyclic amines) is 1. The number of ketones is 1. The van der Waals surface area contributed by atoms with Crippen molar-refractivity contribution < 1.29 is 37.9 Å². The van der Waals surface area contributed by atoms with Gasteiger partial charge < -0.3 is 25.6 Å². The number of aryl methyl sites for hydroxylation is 1. The summed E-state index contributed by atoms with van der Waals surface area (Å²) in [6, 6.07) is 18.4. The molecule has 3 aromatic rings. The Kier molecular flexibility index (Phi) is 14.7. The number of ether oxygens (including phenoxy) is 1. The molecule has 1 aliphatic heterocycles. The minimum atomic E-state index is -1.05. The van der Waals surface area contributed by atoms with Gasteiger partial charge in [0.05, 0.1) is 13.2 Å². The van der Waals surface area contributed by atoms with Crippen LogP contribution >= 0.6 is 0 Å². The molecule has 1 aliphatic carbocycles. The second kappa shape index (κ2) is 19.8. The van der Waals surface area contributed by atoms with E-state index in [-0.39, 0.29) is 56.9 Å². The third-order valence-electron chi connectivity index (χ3n) is 10.5. The SMILES string of the molecule is COC(=O)CC[C@H](NC(C)=O)C(=O)N1CCCC[C@H]1C(=O)N[C@@H](CC1=CCc2ccccc21)C(=O)C[C@@H](Cc1ccc(F)cc1)C(=O)NCc1ccc(C)cc1. The summed E-state index contributed by atoms with van der Waals surface area (Å²) >= 11 is 0. The molecule has 56 heavy (non-hydrogen) atoms. The van der Waals surface area contributed by atoms with Crippen molar-refractivity contribution in [2.75, 3.05) is 13.7 Å². The zero-order valence-electron chi connectivity index (χ0n) is 32.3. The number of amides is 4. The summed E-state index contributed by atoms with van der Waals surface area (Å²) in [5.74, 6) is -3.96. The number of fused-ring (bicyclic) bond motifs is 1. The number of esters is 1. The van der Waals surface area contributed by atoms with Crippen LogP contribution in [0.2, 0.25) is 0 Å². The van der Waals surface area contributed by atoms with Crippen molar-refractivity contribution in [2.45, 2.75) is 96.3 Å².